The van der Waals surface area contributed by atoms with Gasteiger partial charge in [0.05, 0.1) is 0 Å². The van der Waals surface area contributed by atoms with E-state index in [1.54, 1.807) is 0 Å². The van der Waals surface area contributed by atoms with Gasteiger partial charge in [-0.05, 0) is 12.1 Å². The molecule has 0 unspecified atom stereocenters. The largest absolute Gasteiger partial charge is 0.245 e. The molecule has 40 valence electrons. The summed E-state index contributed by atoms with van der Waals surface area (Å²) in [7, 11) is 0. The molecule has 0 radical (unpaired) electrons. The first-order valence-corrected chi connectivity index (χ1v) is 2.66. The lowest BCUT2D eigenvalue weighted by atomic mass is 10.3. The van der Waals surface area contributed by atoms with Gasteiger partial charge in [-0.1, -0.05) is 0 Å². The van der Waals surface area contributed by atoms with Gasteiger partial charge in [0.1, 0.15) is 0 Å². The van der Waals surface area contributed by atoms with E-state index >= 15 is 0 Å². The molecule has 8 heavy (non-hydrogen) atoms. The molecule has 0 spiro atoms. The first-order valence-electron chi connectivity index (χ1n) is 2.66. The molecule has 2 rings (SSSR count). The Balaban J connectivity index is 2.67. The Morgan fingerprint density at radius 1 is 1.62 bits per heavy atom. The van der Waals surface area contributed by atoms with Gasteiger partial charge < -0.3 is 0 Å². The lowest BCUT2D eigenvalue weighted by Gasteiger charge is -1.86. The second-order valence-electron chi connectivity index (χ2n) is 1.85. The van der Waals surface area contributed by atoms with Crippen LogP contribution in [-0.2, 0) is 6.42 Å². The number of nitrogens with zero attached hydrogens (tertiary/aromatic N) is 2. The quantitative estimate of drug-likeness (QED) is 0.467. The molecule has 1 aliphatic rings. The van der Waals surface area contributed by atoms with Crippen LogP contribution in [0.3, 0.4) is 0 Å². The Hall–Kier alpha value is -1.05. The number of hydrogen-bond acceptors (Lipinski definition) is 1. The molecule has 0 aromatic carbocycles. The van der Waals surface area contributed by atoms with Gasteiger partial charge in [0.25, 0.3) is 0 Å². The lowest BCUT2D eigenvalue weighted by molar-refractivity contribution is 0.882. The van der Waals surface area contributed by atoms with E-state index in [0.29, 0.717) is 0 Å². The molecule has 2 heterocycles. The molecule has 0 amide bonds. The normalized spacial score (nSPS) is 14.5. The van der Waals surface area contributed by atoms with Gasteiger partial charge >= 0.3 is 0 Å². The van der Waals surface area contributed by atoms with Crippen molar-refractivity contribution in [3.63, 3.8) is 0 Å². The molecule has 1 aromatic rings. The summed E-state index contributed by atoms with van der Waals surface area (Å²) >= 11 is 0. The highest BCUT2D eigenvalue weighted by molar-refractivity contribution is 5.63. The smallest absolute Gasteiger partial charge is 0.0474 e. The van der Waals surface area contributed by atoms with Gasteiger partial charge in [0.2, 0.25) is 0 Å². The second kappa shape index (κ2) is 1.22. The minimum atomic E-state index is 0.993. The van der Waals surface area contributed by atoms with E-state index in [4.69, 9.17) is 0 Å². The zero-order valence-electron chi connectivity index (χ0n) is 4.41. The maximum atomic E-state index is 4.05. The summed E-state index contributed by atoms with van der Waals surface area (Å²) in [5.74, 6) is 0. The van der Waals surface area contributed by atoms with Crippen LogP contribution in [0.1, 0.15) is 5.69 Å². The van der Waals surface area contributed by atoms with Crippen molar-refractivity contribution in [3.8, 4) is 0 Å². The summed E-state index contributed by atoms with van der Waals surface area (Å²) < 4.78 is 1.89. The van der Waals surface area contributed by atoms with Gasteiger partial charge in [-0.2, -0.15) is 5.10 Å². The highest BCUT2D eigenvalue weighted by Gasteiger charge is 2.00. The van der Waals surface area contributed by atoms with Gasteiger partial charge in [0, 0.05) is 24.5 Å². The Labute approximate surface area is 47.4 Å². The summed E-state index contributed by atoms with van der Waals surface area (Å²) in [6.07, 6.45) is 4.86. The van der Waals surface area contributed by atoms with E-state index in [0.717, 1.165) is 6.42 Å². The highest BCUT2D eigenvalue weighted by atomic mass is 15.4. The fourth-order valence-electron chi connectivity index (χ4n) is 0.904. The Morgan fingerprint density at radius 3 is 3.50 bits per heavy atom. The summed E-state index contributed by atoms with van der Waals surface area (Å²) in [4.78, 5) is 0. The summed E-state index contributed by atoms with van der Waals surface area (Å²) in [6.45, 7) is 0. The first-order chi connectivity index (χ1) is 3.97. The van der Waals surface area contributed by atoms with E-state index in [1.807, 2.05) is 23.2 Å². The third-order valence-electron chi connectivity index (χ3n) is 1.32. The van der Waals surface area contributed by atoms with Gasteiger partial charge in [-0.15, -0.1) is 0 Å². The molecule has 0 aliphatic carbocycles. The molecule has 2 nitrogen and oxygen atoms in total. The van der Waals surface area contributed by atoms with Gasteiger partial charge in [0.15, 0.2) is 0 Å². The van der Waals surface area contributed by atoms with Crippen LogP contribution in [0.4, 0.5) is 0 Å². The van der Waals surface area contributed by atoms with Crippen LogP contribution in [0.25, 0.3) is 0 Å². The molecule has 1 aliphatic heterocycles. The topological polar surface area (TPSA) is 17.3 Å². The molecule has 0 fully saturated rings. The van der Waals surface area contributed by atoms with E-state index in [2.05, 4.69) is 11.2 Å². The van der Waals surface area contributed by atoms with Crippen molar-refractivity contribution in [2.75, 3.05) is 0 Å². The van der Waals surface area contributed by atoms with Crippen LogP contribution in [0, 0.1) is 0 Å². The Bertz CT molecular complexity index is 222. The van der Waals surface area contributed by atoms with Crippen LogP contribution in [-0.4, -0.2) is 10.9 Å². The van der Waals surface area contributed by atoms with Crippen LogP contribution < -0.4 is 0 Å². The Morgan fingerprint density at radius 2 is 2.62 bits per heavy atom. The van der Waals surface area contributed by atoms with Crippen LogP contribution in [0.15, 0.2) is 23.4 Å². The third-order valence-corrected chi connectivity index (χ3v) is 1.32. The van der Waals surface area contributed by atoms with Crippen molar-refractivity contribution >= 4 is 6.21 Å². The maximum Gasteiger partial charge on any atom is 0.0474 e. The molecule has 0 saturated heterocycles. The molecule has 0 saturated carbocycles. The van der Waals surface area contributed by atoms with E-state index in [-0.39, 0.29) is 0 Å². The van der Waals surface area contributed by atoms with Crippen molar-refractivity contribution in [3.05, 3.63) is 24.0 Å². The standard InChI is InChI=1S/C6H6N2/c1-2-6-3-4-7-8(6)5-1/h1-2,4-5H,3H2. The predicted octanol–water partition coefficient (Wildman–Crippen LogP) is 0.878. The SMILES string of the molecule is C1=Nn2cccc2C1. The van der Waals surface area contributed by atoms with Gasteiger partial charge in [-0.3, -0.25) is 0 Å². The van der Waals surface area contributed by atoms with Crippen molar-refractivity contribution in [2.45, 2.75) is 6.42 Å². The monoisotopic (exact) mass is 106 g/mol. The summed E-state index contributed by atoms with van der Waals surface area (Å²) in [5, 5.41) is 4.05. The van der Waals surface area contributed by atoms with E-state index < -0.39 is 0 Å². The van der Waals surface area contributed by atoms with Crippen molar-refractivity contribution in [2.24, 2.45) is 5.10 Å². The molecule has 1 aromatic heterocycles. The average molecular weight is 106 g/mol. The van der Waals surface area contributed by atoms with Crippen LogP contribution in [0.5, 0.6) is 0 Å². The third kappa shape index (κ3) is 0.346. The highest BCUT2D eigenvalue weighted by Crippen LogP contribution is 2.05. The fraction of sp³-hybridized carbons (Fsp3) is 0.167. The number of fused-ring (bicyclic) bond motifs is 1. The molecular weight excluding hydrogens is 100 g/mol. The zero-order chi connectivity index (χ0) is 5.40. The molecule has 0 bridgehead atoms. The predicted molar refractivity (Wildman–Crippen MR) is 32.0 cm³/mol. The fourth-order valence-corrected chi connectivity index (χ4v) is 0.904. The minimum Gasteiger partial charge on any atom is -0.245 e. The van der Waals surface area contributed by atoms with Crippen molar-refractivity contribution < 1.29 is 0 Å². The van der Waals surface area contributed by atoms with Crippen molar-refractivity contribution in [1.82, 2.24) is 4.68 Å². The number of aromatic nitrogens is 1. The Kier molecular flexibility index (Phi) is 0.592. The van der Waals surface area contributed by atoms with Crippen LogP contribution in [0.2, 0.25) is 0 Å². The number of rotatable bonds is 0. The number of hydrogen-bond donors (Lipinski definition) is 0. The molecular formula is C6H6N2. The van der Waals surface area contributed by atoms with Gasteiger partial charge in [-0.25, -0.2) is 4.68 Å². The summed E-state index contributed by atoms with van der Waals surface area (Å²) in [6, 6.07) is 4.08. The molecule has 0 atom stereocenters. The zero-order valence-corrected chi connectivity index (χ0v) is 4.41. The maximum absolute atomic E-state index is 4.05. The molecule has 0 N–H and O–H groups in total. The van der Waals surface area contributed by atoms with E-state index in [9.17, 15) is 0 Å². The van der Waals surface area contributed by atoms with E-state index in [1.165, 1.54) is 5.69 Å². The van der Waals surface area contributed by atoms with Crippen molar-refractivity contribution in [1.29, 1.82) is 0 Å². The minimum absolute atomic E-state index is 0.993. The average Bonchev–Trinajstić information content (AvgIpc) is 2.15. The second-order valence-corrected chi connectivity index (χ2v) is 1.85. The summed E-state index contributed by atoms with van der Waals surface area (Å²) in [5.41, 5.74) is 1.28. The lowest BCUT2D eigenvalue weighted by Crippen LogP contribution is -1.82. The molecule has 2 heteroatoms. The first kappa shape index (κ1) is 3.89. The van der Waals surface area contributed by atoms with Crippen LogP contribution >= 0.6 is 0 Å².